The molecule has 5 N–H and O–H groups in total. The van der Waals surface area contributed by atoms with E-state index in [1.807, 2.05) is 0 Å². The minimum atomic E-state index is -4.85. The SMILES string of the molecule is Nc1cc(N)c(S(=O)(=O)[O-])cc1/N=N/c1cc([N+](=O)[O-])ccc1O.[Na+]. The molecule has 0 aliphatic carbocycles. The van der Waals surface area contributed by atoms with Crippen LogP contribution < -0.4 is 41.0 Å². The van der Waals surface area contributed by atoms with E-state index in [-0.39, 0.29) is 58.0 Å². The van der Waals surface area contributed by atoms with Crippen LogP contribution in [0.5, 0.6) is 5.75 Å². The van der Waals surface area contributed by atoms with Gasteiger partial charge in [-0.25, -0.2) is 8.42 Å². The number of nitrogens with two attached hydrogens (primary N) is 2. The van der Waals surface area contributed by atoms with Crippen LogP contribution in [0.15, 0.2) is 45.5 Å². The minimum absolute atomic E-state index is 0. The smallest absolute Gasteiger partial charge is 0.744 e. The van der Waals surface area contributed by atoms with E-state index in [9.17, 15) is 28.2 Å². The number of hydrogen-bond acceptors (Lipinski definition) is 10. The fourth-order valence-corrected chi connectivity index (χ4v) is 2.32. The van der Waals surface area contributed by atoms with Crippen molar-refractivity contribution in [2.45, 2.75) is 4.90 Å². The molecule has 11 nitrogen and oxygen atoms in total. The van der Waals surface area contributed by atoms with E-state index < -0.39 is 25.7 Å². The standard InChI is InChI=1S/C12H11N5O6S.Na/c13-7-4-8(14)12(24(21,22)23)5-9(7)15-16-10-3-6(17(19)20)1-2-11(10)18;/h1-5,18H,13-14H2,(H,21,22,23);/q;+1/p-1/b16-15+;. The normalized spacial score (nSPS) is 11.2. The second kappa shape index (κ2) is 7.76. The molecule has 0 amide bonds. The number of azo groups is 1. The van der Waals surface area contributed by atoms with Gasteiger partial charge in [0, 0.05) is 12.1 Å². The van der Waals surface area contributed by atoms with Gasteiger partial charge in [-0.3, -0.25) is 10.1 Å². The van der Waals surface area contributed by atoms with Crippen LogP contribution in [0, 0.1) is 10.1 Å². The topological polar surface area (TPSA) is 197 Å². The Morgan fingerprint density at radius 3 is 2.20 bits per heavy atom. The third-order valence-electron chi connectivity index (χ3n) is 2.86. The van der Waals surface area contributed by atoms with Crippen LogP contribution in [-0.4, -0.2) is 23.0 Å². The molecule has 0 unspecified atom stereocenters. The van der Waals surface area contributed by atoms with Crippen molar-refractivity contribution in [2.75, 3.05) is 11.5 Å². The molecule has 25 heavy (non-hydrogen) atoms. The number of phenolic OH excluding ortho intramolecular Hbond substituents is 1. The maximum atomic E-state index is 11.1. The first-order valence-electron chi connectivity index (χ1n) is 6.13. The molecule has 0 fully saturated rings. The van der Waals surface area contributed by atoms with Crippen LogP contribution in [0.25, 0.3) is 0 Å². The van der Waals surface area contributed by atoms with Crippen molar-refractivity contribution >= 4 is 38.6 Å². The van der Waals surface area contributed by atoms with Crippen molar-refractivity contribution in [1.29, 1.82) is 0 Å². The summed E-state index contributed by atoms with van der Waals surface area (Å²) in [6.45, 7) is 0. The number of non-ortho nitro benzene ring substituents is 1. The van der Waals surface area contributed by atoms with Crippen molar-refractivity contribution in [3.05, 3.63) is 40.4 Å². The molecule has 0 aliphatic rings. The molecule has 0 spiro atoms. The van der Waals surface area contributed by atoms with Crippen molar-refractivity contribution in [1.82, 2.24) is 0 Å². The molecule has 0 bridgehead atoms. The molecule has 0 saturated carbocycles. The Kier molecular flexibility index (Phi) is 6.45. The van der Waals surface area contributed by atoms with Gasteiger partial charge in [0.15, 0.2) is 0 Å². The Balaban J connectivity index is 0.00000312. The molecule has 2 aromatic carbocycles. The third kappa shape index (κ3) is 4.87. The zero-order chi connectivity index (χ0) is 18.1. The van der Waals surface area contributed by atoms with Crippen LogP contribution in [0.2, 0.25) is 0 Å². The summed E-state index contributed by atoms with van der Waals surface area (Å²) in [6, 6.07) is 4.91. The van der Waals surface area contributed by atoms with E-state index in [1.54, 1.807) is 0 Å². The van der Waals surface area contributed by atoms with Crippen molar-refractivity contribution in [2.24, 2.45) is 10.2 Å². The van der Waals surface area contributed by atoms with Crippen molar-refractivity contribution in [3.8, 4) is 5.75 Å². The van der Waals surface area contributed by atoms with Crippen LogP contribution in [-0.2, 0) is 10.1 Å². The Bertz CT molecular complexity index is 963. The van der Waals surface area contributed by atoms with Crippen LogP contribution in [0.1, 0.15) is 0 Å². The fraction of sp³-hybridized carbons (Fsp3) is 0. The molecule has 2 rings (SSSR count). The zero-order valence-electron chi connectivity index (χ0n) is 12.8. The number of anilines is 2. The van der Waals surface area contributed by atoms with Crippen molar-refractivity contribution in [3.63, 3.8) is 0 Å². The minimum Gasteiger partial charge on any atom is -0.744 e. The van der Waals surface area contributed by atoms with Gasteiger partial charge in [0.25, 0.3) is 5.69 Å². The number of hydrogen-bond donors (Lipinski definition) is 3. The predicted molar refractivity (Wildman–Crippen MR) is 82.2 cm³/mol. The second-order valence-corrected chi connectivity index (χ2v) is 5.88. The average Bonchev–Trinajstić information content (AvgIpc) is 2.46. The molecule has 13 heteroatoms. The summed E-state index contributed by atoms with van der Waals surface area (Å²) in [7, 11) is -4.85. The van der Waals surface area contributed by atoms with E-state index >= 15 is 0 Å². The van der Waals surface area contributed by atoms with Crippen LogP contribution in [0.3, 0.4) is 0 Å². The Morgan fingerprint density at radius 2 is 1.64 bits per heavy atom. The van der Waals surface area contributed by atoms with Gasteiger partial charge in [-0.1, -0.05) is 0 Å². The first kappa shape index (κ1) is 20.8. The maximum Gasteiger partial charge on any atom is 1.00 e. The first-order valence-corrected chi connectivity index (χ1v) is 7.54. The summed E-state index contributed by atoms with van der Waals surface area (Å²) >= 11 is 0. The fourth-order valence-electron chi connectivity index (χ4n) is 1.72. The largest absolute Gasteiger partial charge is 1.00 e. The monoisotopic (exact) mass is 375 g/mol. The molecule has 0 aromatic heterocycles. The summed E-state index contributed by atoms with van der Waals surface area (Å²) in [5.41, 5.74) is 9.82. The van der Waals surface area contributed by atoms with E-state index in [0.717, 1.165) is 30.3 Å². The molecule has 0 saturated heterocycles. The van der Waals surface area contributed by atoms with Crippen LogP contribution >= 0.6 is 0 Å². The second-order valence-electron chi connectivity index (χ2n) is 4.53. The number of benzene rings is 2. The number of phenols is 1. The van der Waals surface area contributed by atoms with Gasteiger partial charge in [0.1, 0.15) is 27.2 Å². The van der Waals surface area contributed by atoms with Gasteiger partial charge in [-0.05, 0) is 18.2 Å². The van der Waals surface area contributed by atoms with E-state index in [1.165, 1.54) is 0 Å². The molecule has 2 aromatic rings. The predicted octanol–water partition coefficient (Wildman–Crippen LogP) is -1.21. The number of nitro groups is 1. The summed E-state index contributed by atoms with van der Waals surface area (Å²) in [4.78, 5) is 9.28. The third-order valence-corrected chi connectivity index (χ3v) is 3.76. The van der Waals surface area contributed by atoms with Gasteiger partial charge in [0.05, 0.1) is 21.2 Å². The number of nitrogens with zero attached hydrogens (tertiary/aromatic N) is 3. The van der Waals surface area contributed by atoms with Crippen LogP contribution in [0.4, 0.5) is 28.4 Å². The molecule has 0 atom stereocenters. The summed E-state index contributed by atoms with van der Waals surface area (Å²) in [5, 5.41) is 27.5. The van der Waals surface area contributed by atoms with Gasteiger partial charge >= 0.3 is 29.6 Å². The number of nitrogen functional groups attached to an aromatic ring is 2. The zero-order valence-corrected chi connectivity index (χ0v) is 15.6. The van der Waals surface area contributed by atoms with Gasteiger partial charge in [0.2, 0.25) is 0 Å². The molecule has 0 heterocycles. The first-order chi connectivity index (χ1) is 11.1. The Labute approximate surface area is 163 Å². The van der Waals surface area contributed by atoms with E-state index in [0.29, 0.717) is 0 Å². The molecular weight excluding hydrogens is 365 g/mol. The number of rotatable bonds is 4. The quantitative estimate of drug-likeness (QED) is 0.148. The van der Waals surface area contributed by atoms with Gasteiger partial charge in [-0.15, -0.1) is 10.2 Å². The number of aromatic hydroxyl groups is 1. The molecule has 0 aliphatic heterocycles. The number of nitro benzene ring substituents is 1. The van der Waals surface area contributed by atoms with Gasteiger partial charge < -0.3 is 21.1 Å². The summed E-state index contributed by atoms with van der Waals surface area (Å²) < 4.78 is 33.3. The Hall–Kier alpha value is -2.25. The van der Waals surface area contributed by atoms with Gasteiger partial charge in [-0.2, -0.15) is 0 Å². The van der Waals surface area contributed by atoms with E-state index in [4.69, 9.17) is 11.5 Å². The van der Waals surface area contributed by atoms with E-state index in [2.05, 4.69) is 10.2 Å². The molecule has 0 radical (unpaired) electrons. The maximum absolute atomic E-state index is 11.1. The van der Waals surface area contributed by atoms with Crippen molar-refractivity contribution < 1.29 is 52.6 Å². The Morgan fingerprint density at radius 1 is 1.04 bits per heavy atom. The molecule has 126 valence electrons. The molecular formula is C12H10N5NaO6S. The summed E-state index contributed by atoms with van der Waals surface area (Å²) in [5.74, 6) is -0.393. The summed E-state index contributed by atoms with van der Waals surface area (Å²) in [6.07, 6.45) is 0. The average molecular weight is 375 g/mol.